The lowest BCUT2D eigenvalue weighted by Gasteiger charge is -2.49. The normalized spacial score (nSPS) is 20.7. The number of para-hydroxylation sites is 2. The van der Waals surface area contributed by atoms with E-state index in [4.69, 9.17) is 9.73 Å². The predicted molar refractivity (Wildman–Crippen MR) is 166 cm³/mol. The summed E-state index contributed by atoms with van der Waals surface area (Å²) in [7, 11) is 2.18. The summed E-state index contributed by atoms with van der Waals surface area (Å²) in [5.41, 5.74) is 7.68. The molecule has 2 spiro atoms. The highest BCUT2D eigenvalue weighted by atomic mass is 16.5. The molecule has 2 aliphatic heterocycles. The minimum Gasteiger partial charge on any atom is -0.459 e. The van der Waals surface area contributed by atoms with Crippen molar-refractivity contribution in [3.05, 3.63) is 108 Å². The van der Waals surface area contributed by atoms with Crippen LogP contribution in [0.15, 0.2) is 96.5 Å². The Morgan fingerprint density at radius 1 is 0.875 bits per heavy atom. The molecule has 0 N–H and O–H groups in total. The van der Waals surface area contributed by atoms with Gasteiger partial charge >= 0.3 is 0 Å². The predicted octanol–water partition coefficient (Wildman–Crippen LogP) is 8.63. The maximum Gasteiger partial charge on any atom is 0.229 e. The van der Waals surface area contributed by atoms with Crippen molar-refractivity contribution in [1.82, 2.24) is 4.57 Å². The summed E-state index contributed by atoms with van der Waals surface area (Å²) in [6.07, 6.45) is 9.97. The number of hydrogen-bond donors (Lipinski definition) is 0. The van der Waals surface area contributed by atoms with E-state index in [-0.39, 0.29) is 5.41 Å². The van der Waals surface area contributed by atoms with Crippen molar-refractivity contribution < 1.29 is 4.74 Å². The van der Waals surface area contributed by atoms with E-state index >= 15 is 0 Å². The average Bonchev–Trinajstić information content (AvgIpc) is 3.42. The lowest BCUT2D eigenvalue weighted by atomic mass is 9.64. The van der Waals surface area contributed by atoms with E-state index in [9.17, 15) is 0 Å². The van der Waals surface area contributed by atoms with Gasteiger partial charge in [0.15, 0.2) is 0 Å². The quantitative estimate of drug-likeness (QED) is 0.237. The van der Waals surface area contributed by atoms with Gasteiger partial charge in [-0.15, -0.1) is 0 Å². The first-order valence-corrected chi connectivity index (χ1v) is 14.5. The number of fused-ring (bicyclic) bond motifs is 8. The number of anilines is 1. The van der Waals surface area contributed by atoms with Crippen LogP contribution < -0.4 is 9.64 Å². The molecule has 1 aliphatic carbocycles. The van der Waals surface area contributed by atoms with Crippen LogP contribution in [0.3, 0.4) is 0 Å². The fraction of sp³-hybridized carbons (Fsp3) is 0.250. The molecule has 1 unspecified atom stereocenters. The van der Waals surface area contributed by atoms with E-state index in [0.717, 1.165) is 41.8 Å². The molecule has 0 amide bonds. The highest BCUT2D eigenvalue weighted by Gasteiger charge is 2.63. The molecule has 1 saturated carbocycles. The molecule has 0 radical (unpaired) electrons. The van der Waals surface area contributed by atoms with Gasteiger partial charge < -0.3 is 14.2 Å². The zero-order valence-electron chi connectivity index (χ0n) is 22.9. The summed E-state index contributed by atoms with van der Waals surface area (Å²) in [4.78, 5) is 7.66. The number of hydrogen-bond acceptors (Lipinski definition) is 3. The average molecular weight is 524 g/mol. The minimum absolute atomic E-state index is 0.0989. The standard InChI is InChI=1S/C36H33N3O/c1-3-25-15-17-26(18-16-25)23-39-29-13-7-5-11-27(29)33-31(39)19-20-32-34(33)37-24-36(40-32)35(21-9-4-10-22-35)28-12-6-8-14-30(28)38(36)2/h3,5-8,11-20,24H,1,4,9-10,21-23H2,2H3. The molecule has 0 saturated heterocycles. The summed E-state index contributed by atoms with van der Waals surface area (Å²) in [6.45, 7) is 4.68. The molecule has 40 heavy (non-hydrogen) atoms. The SMILES string of the molecule is C=Cc1ccc(Cn2c3ccccc3c3c4c(ccc32)OC2(C=N4)N(C)c3ccccc3C23CCCCC3)cc1. The molecular weight excluding hydrogens is 490 g/mol. The summed E-state index contributed by atoms with van der Waals surface area (Å²) in [5.74, 6) is 0.873. The van der Waals surface area contributed by atoms with Crippen molar-refractivity contribution in [3.63, 3.8) is 0 Å². The second-order valence-electron chi connectivity index (χ2n) is 11.6. The second kappa shape index (κ2) is 8.59. The molecule has 3 heterocycles. The first-order chi connectivity index (χ1) is 19.6. The molecule has 5 aromatic rings. The van der Waals surface area contributed by atoms with Crippen LogP contribution in [0.5, 0.6) is 5.75 Å². The van der Waals surface area contributed by atoms with E-state index in [1.54, 1.807) is 0 Å². The van der Waals surface area contributed by atoms with Crippen LogP contribution in [0.4, 0.5) is 11.4 Å². The van der Waals surface area contributed by atoms with Crippen molar-refractivity contribution in [1.29, 1.82) is 0 Å². The van der Waals surface area contributed by atoms with Gasteiger partial charge in [0, 0.05) is 35.6 Å². The van der Waals surface area contributed by atoms with Gasteiger partial charge in [-0.25, -0.2) is 0 Å². The van der Waals surface area contributed by atoms with Crippen molar-refractivity contribution >= 4 is 45.5 Å². The Hall–Kier alpha value is -4.31. The van der Waals surface area contributed by atoms with E-state index in [1.165, 1.54) is 52.5 Å². The van der Waals surface area contributed by atoms with Gasteiger partial charge in [-0.05, 0) is 53.8 Å². The minimum atomic E-state index is -0.622. The summed E-state index contributed by atoms with van der Waals surface area (Å²) >= 11 is 0. The van der Waals surface area contributed by atoms with Crippen LogP contribution in [0.1, 0.15) is 48.8 Å². The lowest BCUT2D eigenvalue weighted by Crippen LogP contribution is -2.63. The third-order valence-corrected chi connectivity index (χ3v) is 9.74. The molecular formula is C36H33N3O. The second-order valence-corrected chi connectivity index (χ2v) is 11.6. The Labute approximate surface area is 235 Å². The van der Waals surface area contributed by atoms with Crippen LogP contribution in [0.2, 0.25) is 0 Å². The Morgan fingerprint density at radius 2 is 1.65 bits per heavy atom. The third kappa shape index (κ3) is 3.05. The van der Waals surface area contributed by atoms with E-state index in [1.807, 2.05) is 6.08 Å². The van der Waals surface area contributed by atoms with Gasteiger partial charge in [-0.2, -0.15) is 0 Å². The van der Waals surface area contributed by atoms with Crippen molar-refractivity contribution in [2.45, 2.75) is 49.8 Å². The zero-order valence-corrected chi connectivity index (χ0v) is 22.9. The van der Waals surface area contributed by atoms with Gasteiger partial charge in [0.05, 0.1) is 17.1 Å². The molecule has 198 valence electrons. The van der Waals surface area contributed by atoms with Gasteiger partial charge in [0.1, 0.15) is 11.4 Å². The molecule has 1 aromatic heterocycles. The molecule has 1 fully saturated rings. The van der Waals surface area contributed by atoms with Crippen LogP contribution in [0, 0.1) is 0 Å². The van der Waals surface area contributed by atoms with Crippen molar-refractivity contribution in [2.75, 3.05) is 11.9 Å². The summed E-state index contributed by atoms with van der Waals surface area (Å²) < 4.78 is 9.65. The fourth-order valence-corrected chi connectivity index (χ4v) is 7.79. The fourth-order valence-electron chi connectivity index (χ4n) is 7.79. The number of aliphatic imine (C=N–C) groups is 1. The number of nitrogens with zero attached hydrogens (tertiary/aromatic N) is 3. The number of ether oxygens (including phenoxy) is 1. The Balaban J connectivity index is 1.30. The van der Waals surface area contributed by atoms with Gasteiger partial charge in [-0.3, -0.25) is 4.99 Å². The number of rotatable bonds is 3. The van der Waals surface area contributed by atoms with Crippen LogP contribution in [0.25, 0.3) is 27.9 Å². The number of likely N-dealkylation sites (N-methyl/N-ethyl adjacent to an activating group) is 1. The lowest BCUT2D eigenvalue weighted by molar-refractivity contribution is 0.0400. The van der Waals surface area contributed by atoms with E-state index < -0.39 is 5.72 Å². The van der Waals surface area contributed by atoms with Crippen molar-refractivity contribution in [3.8, 4) is 5.75 Å². The van der Waals surface area contributed by atoms with Gasteiger partial charge in [-0.1, -0.05) is 92.6 Å². The van der Waals surface area contributed by atoms with E-state index in [0.29, 0.717) is 0 Å². The van der Waals surface area contributed by atoms with E-state index in [2.05, 4.69) is 114 Å². The molecule has 4 nitrogen and oxygen atoms in total. The van der Waals surface area contributed by atoms with Crippen LogP contribution in [-0.4, -0.2) is 23.6 Å². The topological polar surface area (TPSA) is 29.8 Å². The molecule has 4 heteroatoms. The zero-order chi connectivity index (χ0) is 26.9. The molecule has 1 atom stereocenters. The Kier molecular flexibility index (Phi) is 5.06. The number of benzene rings is 4. The largest absolute Gasteiger partial charge is 0.459 e. The van der Waals surface area contributed by atoms with Crippen molar-refractivity contribution in [2.24, 2.45) is 4.99 Å². The Bertz CT molecular complexity index is 1820. The molecule has 3 aliphatic rings. The molecule has 8 rings (SSSR count). The summed E-state index contributed by atoms with van der Waals surface area (Å²) in [6, 6.07) is 30.6. The van der Waals surface area contributed by atoms with Crippen LogP contribution in [-0.2, 0) is 12.0 Å². The number of aromatic nitrogens is 1. The smallest absolute Gasteiger partial charge is 0.229 e. The maximum absolute atomic E-state index is 7.24. The highest BCUT2D eigenvalue weighted by molar-refractivity contribution is 6.15. The third-order valence-electron chi connectivity index (χ3n) is 9.74. The summed E-state index contributed by atoms with van der Waals surface area (Å²) in [5, 5.41) is 2.38. The first kappa shape index (κ1) is 23.6. The monoisotopic (exact) mass is 523 g/mol. The molecule has 4 aromatic carbocycles. The van der Waals surface area contributed by atoms with Gasteiger partial charge in [0.25, 0.3) is 0 Å². The highest BCUT2D eigenvalue weighted by Crippen LogP contribution is 2.60. The Morgan fingerprint density at radius 3 is 2.48 bits per heavy atom. The van der Waals surface area contributed by atoms with Gasteiger partial charge in [0.2, 0.25) is 5.72 Å². The van der Waals surface area contributed by atoms with Crippen LogP contribution >= 0.6 is 0 Å². The molecule has 0 bridgehead atoms. The first-order valence-electron chi connectivity index (χ1n) is 14.5. The maximum atomic E-state index is 7.24.